The monoisotopic (exact) mass is 274 g/mol. The van der Waals surface area contributed by atoms with Gasteiger partial charge >= 0.3 is 0 Å². The summed E-state index contributed by atoms with van der Waals surface area (Å²) in [7, 11) is 1.88. The molecular formula is C17H26N2O. The fourth-order valence-corrected chi connectivity index (χ4v) is 3.08. The molecule has 0 bridgehead atoms. The van der Waals surface area contributed by atoms with E-state index in [9.17, 15) is 4.79 Å². The van der Waals surface area contributed by atoms with Gasteiger partial charge in [-0.1, -0.05) is 31.4 Å². The predicted molar refractivity (Wildman–Crippen MR) is 84.3 cm³/mol. The van der Waals surface area contributed by atoms with Crippen LogP contribution in [0, 0.1) is 6.92 Å². The van der Waals surface area contributed by atoms with E-state index in [2.05, 4.69) is 17.1 Å². The Morgan fingerprint density at radius 1 is 1.35 bits per heavy atom. The van der Waals surface area contributed by atoms with Crippen molar-refractivity contribution in [3.05, 3.63) is 29.3 Å². The summed E-state index contributed by atoms with van der Waals surface area (Å²) in [6.45, 7) is 5.12. The highest BCUT2D eigenvalue weighted by atomic mass is 16.2. The van der Waals surface area contributed by atoms with Crippen LogP contribution < -0.4 is 5.32 Å². The van der Waals surface area contributed by atoms with Gasteiger partial charge in [0.1, 0.15) is 0 Å². The van der Waals surface area contributed by atoms with E-state index < -0.39 is 0 Å². The largest absolute Gasteiger partial charge is 0.387 e. The number of carbonyl (C=O) groups is 1. The summed E-state index contributed by atoms with van der Waals surface area (Å²) < 4.78 is 0. The van der Waals surface area contributed by atoms with Crippen LogP contribution in [0.5, 0.6) is 0 Å². The van der Waals surface area contributed by atoms with Gasteiger partial charge in [0.15, 0.2) is 0 Å². The summed E-state index contributed by atoms with van der Waals surface area (Å²) >= 11 is 0. The van der Waals surface area contributed by atoms with Crippen LogP contribution >= 0.6 is 0 Å². The third-order valence-corrected chi connectivity index (χ3v) is 4.28. The first-order valence-electron chi connectivity index (χ1n) is 7.76. The van der Waals surface area contributed by atoms with Crippen molar-refractivity contribution in [3.63, 3.8) is 0 Å². The molecule has 3 heteroatoms. The van der Waals surface area contributed by atoms with Crippen molar-refractivity contribution in [1.29, 1.82) is 0 Å². The summed E-state index contributed by atoms with van der Waals surface area (Å²) in [6.07, 6.45) is 5.81. The summed E-state index contributed by atoms with van der Waals surface area (Å²) in [6, 6.07) is 6.45. The van der Waals surface area contributed by atoms with E-state index in [1.165, 1.54) is 12.8 Å². The van der Waals surface area contributed by atoms with Gasteiger partial charge < -0.3 is 10.2 Å². The second-order valence-electron chi connectivity index (χ2n) is 5.71. The van der Waals surface area contributed by atoms with Crippen molar-refractivity contribution in [2.75, 3.05) is 18.9 Å². The molecule has 0 aromatic heterocycles. The molecule has 1 aliphatic heterocycles. The number of aryl methyl sites for hydroxylation is 1. The van der Waals surface area contributed by atoms with Crippen molar-refractivity contribution in [3.8, 4) is 0 Å². The Hall–Kier alpha value is -1.51. The fraction of sp³-hybridized carbons (Fsp3) is 0.588. The van der Waals surface area contributed by atoms with Crippen LogP contribution in [0.3, 0.4) is 0 Å². The first-order chi connectivity index (χ1) is 9.67. The lowest BCUT2D eigenvalue weighted by Crippen LogP contribution is -2.40. The van der Waals surface area contributed by atoms with Gasteiger partial charge in [0.2, 0.25) is 0 Å². The van der Waals surface area contributed by atoms with Gasteiger partial charge in [-0.2, -0.15) is 0 Å². The number of anilines is 1. The van der Waals surface area contributed by atoms with Crippen molar-refractivity contribution in [2.24, 2.45) is 0 Å². The molecule has 0 radical (unpaired) electrons. The number of benzene rings is 1. The Morgan fingerprint density at radius 2 is 2.15 bits per heavy atom. The average molecular weight is 274 g/mol. The molecule has 1 unspecified atom stereocenters. The Balaban J connectivity index is 2.30. The molecule has 3 nitrogen and oxygen atoms in total. The molecule has 1 aliphatic rings. The van der Waals surface area contributed by atoms with E-state index in [0.717, 1.165) is 42.6 Å². The minimum Gasteiger partial charge on any atom is -0.387 e. The molecular weight excluding hydrogens is 248 g/mol. The van der Waals surface area contributed by atoms with Gasteiger partial charge in [-0.05, 0) is 38.3 Å². The number of carbonyl (C=O) groups excluding carboxylic acids is 1. The van der Waals surface area contributed by atoms with Gasteiger partial charge in [0, 0.05) is 25.3 Å². The lowest BCUT2D eigenvalue weighted by molar-refractivity contribution is 0.0679. The quantitative estimate of drug-likeness (QED) is 0.908. The van der Waals surface area contributed by atoms with Gasteiger partial charge in [-0.25, -0.2) is 0 Å². The van der Waals surface area contributed by atoms with Gasteiger partial charge in [-0.3, -0.25) is 4.79 Å². The summed E-state index contributed by atoms with van der Waals surface area (Å²) in [5.41, 5.74) is 2.88. The first kappa shape index (κ1) is 14.9. The van der Waals surface area contributed by atoms with Crippen molar-refractivity contribution in [1.82, 2.24) is 4.90 Å². The van der Waals surface area contributed by atoms with Crippen LogP contribution in [-0.4, -0.2) is 30.4 Å². The molecule has 1 atom stereocenters. The summed E-state index contributed by atoms with van der Waals surface area (Å²) in [5, 5.41) is 3.14. The molecule has 1 aromatic carbocycles. The zero-order chi connectivity index (χ0) is 14.5. The minimum atomic E-state index is 0.187. The third-order valence-electron chi connectivity index (χ3n) is 4.28. The zero-order valence-corrected chi connectivity index (χ0v) is 12.9. The Morgan fingerprint density at radius 3 is 2.85 bits per heavy atom. The van der Waals surface area contributed by atoms with Crippen molar-refractivity contribution < 1.29 is 4.79 Å². The van der Waals surface area contributed by atoms with E-state index in [4.69, 9.17) is 0 Å². The van der Waals surface area contributed by atoms with Gasteiger partial charge in [0.05, 0.1) is 5.56 Å². The number of rotatable bonds is 3. The molecule has 20 heavy (non-hydrogen) atoms. The van der Waals surface area contributed by atoms with Crippen LogP contribution in [0.25, 0.3) is 0 Å². The molecule has 1 aromatic rings. The van der Waals surface area contributed by atoms with E-state index in [-0.39, 0.29) is 5.91 Å². The lowest BCUT2D eigenvalue weighted by atomic mass is 10.0. The molecule has 1 saturated heterocycles. The SMILES string of the molecule is CCC1CCCCCN1C(=O)c1cc(C)ccc1NC. The van der Waals surface area contributed by atoms with Crippen LogP contribution in [0.15, 0.2) is 18.2 Å². The Kier molecular flexibility index (Phi) is 5.05. The fourth-order valence-electron chi connectivity index (χ4n) is 3.08. The first-order valence-corrected chi connectivity index (χ1v) is 7.76. The van der Waals surface area contributed by atoms with Crippen molar-refractivity contribution in [2.45, 2.75) is 52.0 Å². The van der Waals surface area contributed by atoms with Crippen LogP contribution in [0.1, 0.15) is 54.9 Å². The summed E-state index contributed by atoms with van der Waals surface area (Å²) in [4.78, 5) is 15.0. The van der Waals surface area contributed by atoms with E-state index in [0.29, 0.717) is 6.04 Å². The number of nitrogens with one attached hydrogen (secondary N) is 1. The second kappa shape index (κ2) is 6.78. The predicted octanol–water partition coefficient (Wildman–Crippen LogP) is 3.83. The highest BCUT2D eigenvalue weighted by molar-refractivity contribution is 6.00. The van der Waals surface area contributed by atoms with Gasteiger partial charge in [0.25, 0.3) is 5.91 Å². The highest BCUT2D eigenvalue weighted by Gasteiger charge is 2.26. The number of nitrogens with zero attached hydrogens (tertiary/aromatic N) is 1. The highest BCUT2D eigenvalue weighted by Crippen LogP contribution is 2.25. The van der Waals surface area contributed by atoms with Crippen LogP contribution in [0.2, 0.25) is 0 Å². The van der Waals surface area contributed by atoms with Crippen LogP contribution in [-0.2, 0) is 0 Å². The van der Waals surface area contributed by atoms with E-state index in [1.54, 1.807) is 0 Å². The maximum Gasteiger partial charge on any atom is 0.256 e. The number of likely N-dealkylation sites (tertiary alicyclic amines) is 1. The number of hydrogen-bond acceptors (Lipinski definition) is 2. The molecule has 0 spiro atoms. The number of amides is 1. The van der Waals surface area contributed by atoms with E-state index >= 15 is 0 Å². The molecule has 1 heterocycles. The molecule has 2 rings (SSSR count). The molecule has 1 N–H and O–H groups in total. The standard InChI is InChI=1S/C17H26N2O/c1-4-14-8-6-5-7-11-19(14)17(20)15-12-13(2)9-10-16(15)18-3/h9-10,12,14,18H,4-8,11H2,1-3H3. The average Bonchev–Trinajstić information content (AvgIpc) is 2.71. The number of hydrogen-bond donors (Lipinski definition) is 1. The topological polar surface area (TPSA) is 32.3 Å². The third kappa shape index (κ3) is 3.14. The zero-order valence-electron chi connectivity index (χ0n) is 12.9. The van der Waals surface area contributed by atoms with E-state index in [1.807, 2.05) is 32.2 Å². The Bertz CT molecular complexity index is 470. The maximum atomic E-state index is 12.9. The molecule has 1 amide bonds. The molecule has 1 fully saturated rings. The second-order valence-corrected chi connectivity index (χ2v) is 5.71. The lowest BCUT2D eigenvalue weighted by Gasteiger charge is -2.30. The molecule has 0 aliphatic carbocycles. The van der Waals surface area contributed by atoms with Crippen LogP contribution in [0.4, 0.5) is 5.69 Å². The maximum absolute atomic E-state index is 12.9. The Labute approximate surface area is 122 Å². The van der Waals surface area contributed by atoms with Crippen molar-refractivity contribution >= 4 is 11.6 Å². The smallest absolute Gasteiger partial charge is 0.256 e. The summed E-state index contributed by atoms with van der Waals surface area (Å²) in [5.74, 6) is 0.187. The normalized spacial score (nSPS) is 19.6. The molecule has 110 valence electrons. The molecule has 0 saturated carbocycles. The minimum absolute atomic E-state index is 0.187. The van der Waals surface area contributed by atoms with Gasteiger partial charge in [-0.15, -0.1) is 0 Å².